The average Bonchev–Trinajstić information content (AvgIpc) is 2.65. The van der Waals surface area contributed by atoms with Crippen molar-refractivity contribution < 1.29 is 14.2 Å². The third-order valence-electron chi connectivity index (χ3n) is 4.21. The van der Waals surface area contributed by atoms with Crippen LogP contribution < -0.4 is 14.2 Å². The molecule has 2 aromatic rings. The molecule has 0 N–H and O–H groups in total. The molecule has 1 unspecified atom stereocenters. The predicted molar refractivity (Wildman–Crippen MR) is 106 cm³/mol. The van der Waals surface area contributed by atoms with Gasteiger partial charge in [-0.05, 0) is 32.1 Å². The molecule has 2 aromatic carbocycles. The van der Waals surface area contributed by atoms with Crippen LogP contribution in [0.1, 0.15) is 46.0 Å². The minimum Gasteiger partial charge on any atom is -0.493 e. The van der Waals surface area contributed by atoms with E-state index in [-0.39, 0.29) is 5.38 Å². The van der Waals surface area contributed by atoms with Gasteiger partial charge in [0.05, 0.1) is 20.3 Å². The highest BCUT2D eigenvalue weighted by atomic mass is 35.5. The van der Waals surface area contributed by atoms with Gasteiger partial charge in [0, 0.05) is 22.2 Å². The molecule has 0 spiro atoms. The zero-order chi connectivity index (χ0) is 18.1. The Hall–Kier alpha value is -1.61. The largest absolute Gasteiger partial charge is 0.493 e. The summed E-state index contributed by atoms with van der Waals surface area (Å²) >= 11 is 6.17. The number of unbranched alkanes of at least 4 members (excludes halogenated alkanes) is 1. The van der Waals surface area contributed by atoms with Crippen molar-refractivity contribution in [1.82, 2.24) is 0 Å². The summed E-state index contributed by atoms with van der Waals surface area (Å²) < 4.78 is 17.5. The van der Waals surface area contributed by atoms with E-state index in [1.54, 1.807) is 7.11 Å². The second-order valence-corrected chi connectivity index (χ2v) is 6.77. The second-order valence-electron chi connectivity index (χ2n) is 6.15. The van der Waals surface area contributed by atoms with Gasteiger partial charge in [-0.1, -0.05) is 38.1 Å². The Bertz CT molecular complexity index is 657. The van der Waals surface area contributed by atoms with Crippen molar-refractivity contribution in [3.05, 3.63) is 30.3 Å². The van der Waals surface area contributed by atoms with Crippen molar-refractivity contribution in [2.24, 2.45) is 0 Å². The Balaban J connectivity index is 2.14. The van der Waals surface area contributed by atoms with Crippen LogP contribution in [-0.2, 0) is 0 Å². The molecular formula is C21H29ClO3. The first kappa shape index (κ1) is 19.7. The molecule has 138 valence electrons. The van der Waals surface area contributed by atoms with Gasteiger partial charge < -0.3 is 14.2 Å². The van der Waals surface area contributed by atoms with Gasteiger partial charge in [-0.3, -0.25) is 0 Å². The highest BCUT2D eigenvalue weighted by molar-refractivity contribution is 6.20. The Labute approximate surface area is 156 Å². The van der Waals surface area contributed by atoms with E-state index in [4.69, 9.17) is 25.8 Å². The molecule has 0 saturated heterocycles. The standard InChI is InChI=1S/C21H29ClO3/c1-4-13-25-21-18-12-7-6-11-17(18)19(15-20(21)23-3)24-14-9-8-10-16(22)5-2/h6-7,11-12,15-16H,4-5,8-10,13-14H2,1-3H3. The topological polar surface area (TPSA) is 27.7 Å². The van der Waals surface area contributed by atoms with Gasteiger partial charge in [0.2, 0.25) is 0 Å². The Morgan fingerprint density at radius 1 is 0.960 bits per heavy atom. The molecule has 0 saturated carbocycles. The van der Waals surface area contributed by atoms with E-state index in [1.165, 1.54) is 0 Å². The molecule has 3 nitrogen and oxygen atoms in total. The quantitative estimate of drug-likeness (QED) is 0.350. The Kier molecular flexibility index (Phi) is 8.20. The third kappa shape index (κ3) is 5.43. The number of hydrogen-bond donors (Lipinski definition) is 0. The van der Waals surface area contributed by atoms with E-state index >= 15 is 0 Å². The van der Waals surface area contributed by atoms with Crippen molar-refractivity contribution in [3.8, 4) is 17.2 Å². The van der Waals surface area contributed by atoms with Crippen molar-refractivity contribution >= 4 is 22.4 Å². The number of halogens is 1. The van der Waals surface area contributed by atoms with Crippen LogP contribution in [0, 0.1) is 0 Å². The number of hydrogen-bond acceptors (Lipinski definition) is 3. The van der Waals surface area contributed by atoms with Crippen molar-refractivity contribution in [2.45, 2.75) is 51.3 Å². The molecule has 1 atom stereocenters. The molecule has 0 heterocycles. The summed E-state index contributed by atoms with van der Waals surface area (Å²) in [6.45, 7) is 5.55. The van der Waals surface area contributed by atoms with E-state index < -0.39 is 0 Å². The lowest BCUT2D eigenvalue weighted by molar-refractivity contribution is 0.290. The van der Waals surface area contributed by atoms with E-state index in [0.29, 0.717) is 19.0 Å². The fourth-order valence-electron chi connectivity index (χ4n) is 2.77. The van der Waals surface area contributed by atoms with Gasteiger partial charge in [-0.2, -0.15) is 0 Å². The SMILES string of the molecule is CCCOc1c(OC)cc(OCCCCC(Cl)CC)c2ccccc12. The van der Waals surface area contributed by atoms with Crippen LogP contribution in [0.25, 0.3) is 10.8 Å². The monoisotopic (exact) mass is 364 g/mol. The fourth-order valence-corrected chi connectivity index (χ4v) is 2.92. The van der Waals surface area contributed by atoms with Crippen LogP contribution in [-0.4, -0.2) is 25.7 Å². The number of ether oxygens (including phenoxy) is 3. The molecule has 2 rings (SSSR count). The van der Waals surface area contributed by atoms with Gasteiger partial charge >= 0.3 is 0 Å². The van der Waals surface area contributed by atoms with Gasteiger partial charge in [0.15, 0.2) is 11.5 Å². The van der Waals surface area contributed by atoms with Crippen LogP contribution in [0.4, 0.5) is 0 Å². The number of methoxy groups -OCH3 is 1. The number of fused-ring (bicyclic) bond motifs is 1. The smallest absolute Gasteiger partial charge is 0.169 e. The van der Waals surface area contributed by atoms with Gasteiger partial charge in [-0.25, -0.2) is 0 Å². The predicted octanol–water partition coefficient (Wildman–Crippen LogP) is 6.20. The third-order valence-corrected chi connectivity index (χ3v) is 4.73. The fraction of sp³-hybridized carbons (Fsp3) is 0.524. The summed E-state index contributed by atoms with van der Waals surface area (Å²) in [5.41, 5.74) is 0. The molecule has 25 heavy (non-hydrogen) atoms. The van der Waals surface area contributed by atoms with Crippen molar-refractivity contribution in [3.63, 3.8) is 0 Å². The molecule has 0 amide bonds. The lowest BCUT2D eigenvalue weighted by Crippen LogP contribution is -2.03. The lowest BCUT2D eigenvalue weighted by Gasteiger charge is -2.17. The maximum Gasteiger partial charge on any atom is 0.169 e. The normalized spacial score (nSPS) is 12.2. The van der Waals surface area contributed by atoms with Gasteiger partial charge in [0.1, 0.15) is 5.75 Å². The number of alkyl halides is 1. The van der Waals surface area contributed by atoms with Crippen LogP contribution in [0.3, 0.4) is 0 Å². The Morgan fingerprint density at radius 3 is 2.40 bits per heavy atom. The number of benzene rings is 2. The zero-order valence-electron chi connectivity index (χ0n) is 15.5. The zero-order valence-corrected chi connectivity index (χ0v) is 16.3. The summed E-state index contributed by atoms with van der Waals surface area (Å²) in [7, 11) is 1.66. The lowest BCUT2D eigenvalue weighted by atomic mass is 10.1. The molecule has 4 heteroatoms. The molecule has 0 radical (unpaired) electrons. The van der Waals surface area contributed by atoms with E-state index in [0.717, 1.165) is 54.4 Å². The summed E-state index contributed by atoms with van der Waals surface area (Å²) in [6, 6.07) is 10.1. The summed E-state index contributed by atoms with van der Waals surface area (Å²) in [6.07, 6.45) is 5.08. The molecule has 0 aromatic heterocycles. The molecule has 0 aliphatic carbocycles. The van der Waals surface area contributed by atoms with Crippen LogP contribution in [0.5, 0.6) is 17.2 Å². The summed E-state index contributed by atoms with van der Waals surface area (Å²) in [4.78, 5) is 0. The maximum absolute atomic E-state index is 6.17. The van der Waals surface area contributed by atoms with E-state index in [9.17, 15) is 0 Å². The molecule has 0 fully saturated rings. The van der Waals surface area contributed by atoms with Crippen molar-refractivity contribution in [1.29, 1.82) is 0 Å². The summed E-state index contributed by atoms with van der Waals surface area (Å²) in [5.74, 6) is 2.35. The molecular weight excluding hydrogens is 336 g/mol. The average molecular weight is 365 g/mol. The van der Waals surface area contributed by atoms with Crippen molar-refractivity contribution in [2.75, 3.05) is 20.3 Å². The summed E-state index contributed by atoms with van der Waals surface area (Å²) in [5, 5.41) is 2.35. The number of rotatable bonds is 11. The van der Waals surface area contributed by atoms with Gasteiger partial charge in [0.25, 0.3) is 0 Å². The first-order chi connectivity index (χ1) is 12.2. The second kappa shape index (κ2) is 10.4. The van der Waals surface area contributed by atoms with Crippen LogP contribution in [0.2, 0.25) is 0 Å². The minimum atomic E-state index is 0.274. The molecule has 0 bridgehead atoms. The first-order valence-electron chi connectivity index (χ1n) is 9.20. The maximum atomic E-state index is 6.17. The highest BCUT2D eigenvalue weighted by Gasteiger charge is 2.14. The molecule has 0 aliphatic heterocycles. The highest BCUT2D eigenvalue weighted by Crippen LogP contribution is 2.41. The van der Waals surface area contributed by atoms with Crippen LogP contribution >= 0.6 is 11.6 Å². The first-order valence-corrected chi connectivity index (χ1v) is 9.64. The van der Waals surface area contributed by atoms with Gasteiger partial charge in [-0.15, -0.1) is 11.6 Å². The van der Waals surface area contributed by atoms with Crippen LogP contribution in [0.15, 0.2) is 30.3 Å². The van der Waals surface area contributed by atoms with E-state index in [2.05, 4.69) is 26.0 Å². The Morgan fingerprint density at radius 2 is 1.72 bits per heavy atom. The minimum absolute atomic E-state index is 0.274. The molecule has 0 aliphatic rings. The van der Waals surface area contributed by atoms with E-state index in [1.807, 2.05) is 18.2 Å².